The molecule has 0 amide bonds. The molecule has 1 aliphatic heterocycles. The highest BCUT2D eigenvalue weighted by atomic mass is 15.3. The lowest BCUT2D eigenvalue weighted by Crippen LogP contribution is -2.32. The Bertz CT molecular complexity index is 3510. The first-order chi connectivity index (χ1) is 31.3. The summed E-state index contributed by atoms with van der Waals surface area (Å²) in [7, 11) is 0. The number of rotatable bonds is 7. The number of para-hydroxylation sites is 1. The van der Waals surface area contributed by atoms with Gasteiger partial charge >= 0.3 is 0 Å². The summed E-state index contributed by atoms with van der Waals surface area (Å²) in [5, 5.41) is 9.93. The maximum Gasteiger partial charge on any atom is 0.136 e. The topological polar surface area (TPSA) is 15.6 Å². The lowest BCUT2D eigenvalue weighted by Gasteiger charge is -2.31. The maximum absolute atomic E-state index is 5.66. The summed E-state index contributed by atoms with van der Waals surface area (Å²) >= 11 is 0. The van der Waals surface area contributed by atoms with Crippen molar-refractivity contribution in [2.24, 2.45) is 4.99 Å². The summed E-state index contributed by atoms with van der Waals surface area (Å²) in [5.74, 6) is 0.965. The minimum absolute atomic E-state index is 0.0284. The third kappa shape index (κ3) is 6.30. The third-order valence-electron chi connectivity index (χ3n) is 13.0. The van der Waals surface area contributed by atoms with Crippen LogP contribution in [0.25, 0.3) is 76.5 Å². The van der Waals surface area contributed by atoms with Crippen molar-refractivity contribution in [3.8, 4) is 33.4 Å². The van der Waals surface area contributed by atoms with E-state index in [2.05, 4.69) is 248 Å². The second-order valence-electron chi connectivity index (χ2n) is 16.6. The summed E-state index contributed by atoms with van der Waals surface area (Å²) in [5.41, 5.74) is 11.9. The average Bonchev–Trinajstić information content (AvgIpc) is 3.77. The van der Waals surface area contributed by atoms with Crippen LogP contribution in [-0.4, -0.2) is 5.84 Å². The molecule has 12 rings (SSSR count). The van der Waals surface area contributed by atoms with E-state index in [-0.39, 0.29) is 12.1 Å². The van der Waals surface area contributed by atoms with Crippen molar-refractivity contribution in [3.63, 3.8) is 0 Å². The van der Waals surface area contributed by atoms with E-state index in [0.29, 0.717) is 0 Å². The minimum atomic E-state index is -0.0999. The first-order valence-corrected chi connectivity index (χ1v) is 21.9. The molecule has 0 aromatic heterocycles. The Hall–Kier alpha value is -8.07. The number of anilines is 1. The van der Waals surface area contributed by atoms with Gasteiger partial charge in [-0.1, -0.05) is 218 Å². The molecule has 0 aliphatic carbocycles. The molecule has 0 bridgehead atoms. The maximum atomic E-state index is 5.66. The van der Waals surface area contributed by atoms with Crippen LogP contribution < -0.4 is 4.90 Å². The Morgan fingerprint density at radius 3 is 1.41 bits per heavy atom. The van der Waals surface area contributed by atoms with Gasteiger partial charge in [0, 0.05) is 11.3 Å². The normalized spacial score (nSPS) is 15.0. The zero-order valence-corrected chi connectivity index (χ0v) is 34.6. The van der Waals surface area contributed by atoms with Gasteiger partial charge in [0.25, 0.3) is 0 Å². The molecule has 0 saturated heterocycles. The number of aliphatic imine (C=N–C) groups is 1. The predicted octanol–water partition coefficient (Wildman–Crippen LogP) is 16.0. The number of nitrogens with zero attached hydrogens (tertiary/aromatic N) is 2. The lowest BCUT2D eigenvalue weighted by atomic mass is 9.83. The van der Waals surface area contributed by atoms with Gasteiger partial charge in [-0.2, -0.15) is 0 Å². The molecule has 0 N–H and O–H groups in total. The molecule has 2 heteroatoms. The van der Waals surface area contributed by atoms with Crippen LogP contribution in [-0.2, 0) is 0 Å². The summed E-state index contributed by atoms with van der Waals surface area (Å²) in [6.07, 6.45) is 0. The highest BCUT2D eigenvalue weighted by Crippen LogP contribution is 2.49. The van der Waals surface area contributed by atoms with Crippen LogP contribution in [0.2, 0.25) is 0 Å². The van der Waals surface area contributed by atoms with Gasteiger partial charge in [-0.3, -0.25) is 4.99 Å². The molecular weight excluding hydrogens is 761 g/mol. The van der Waals surface area contributed by atoms with E-state index in [9.17, 15) is 0 Å². The van der Waals surface area contributed by atoms with Crippen molar-refractivity contribution < 1.29 is 0 Å². The summed E-state index contributed by atoms with van der Waals surface area (Å²) in [6, 6.07) is 88.4. The van der Waals surface area contributed by atoms with Crippen molar-refractivity contribution in [1.29, 1.82) is 0 Å². The van der Waals surface area contributed by atoms with Crippen molar-refractivity contribution in [3.05, 3.63) is 259 Å². The molecule has 2 atom stereocenters. The Labute approximate surface area is 367 Å². The second kappa shape index (κ2) is 15.4. The van der Waals surface area contributed by atoms with Gasteiger partial charge in [0.15, 0.2) is 0 Å². The molecule has 2 unspecified atom stereocenters. The van der Waals surface area contributed by atoms with Gasteiger partial charge in [0.2, 0.25) is 0 Å². The SMILES string of the molecule is c1ccc(C2N=C(c3cccc(-c4ccc5c(-c6cccc7ccccc67)c6ccccc6c(-c6cccc7ccccc67)c5c4)c3)N(c3ccccc3)C2c2ccccc2)cc1. The molecule has 0 radical (unpaired) electrons. The highest BCUT2D eigenvalue weighted by molar-refractivity contribution is 6.25. The summed E-state index contributed by atoms with van der Waals surface area (Å²) in [4.78, 5) is 8.11. The summed E-state index contributed by atoms with van der Waals surface area (Å²) < 4.78 is 0. The van der Waals surface area contributed by atoms with Crippen LogP contribution in [0.15, 0.2) is 248 Å². The Kier molecular flexibility index (Phi) is 9.01. The highest BCUT2D eigenvalue weighted by Gasteiger charge is 2.39. The van der Waals surface area contributed by atoms with E-state index in [1.807, 2.05) is 0 Å². The van der Waals surface area contributed by atoms with E-state index in [1.54, 1.807) is 0 Å². The molecule has 1 heterocycles. The van der Waals surface area contributed by atoms with Crippen LogP contribution in [0.5, 0.6) is 0 Å². The van der Waals surface area contributed by atoms with Gasteiger partial charge in [-0.15, -0.1) is 0 Å². The van der Waals surface area contributed by atoms with Crippen molar-refractivity contribution in [1.82, 2.24) is 0 Å². The third-order valence-corrected chi connectivity index (χ3v) is 13.0. The standard InChI is InChI=1S/C61H42N2/c1-4-21-43(22-5-1)59-60(44-23-6-2-7-24-44)63(48-29-8-3-9-30-48)61(62-59)47-28-16-27-45(39-47)46-37-38-55-56(40-46)58(52-36-18-26-42-20-11-13-32-50(42)52)54-34-15-14-33-53(54)57(55)51-35-17-25-41-19-10-12-31-49(41)51/h1-40,59-60H. The van der Waals surface area contributed by atoms with Gasteiger partial charge < -0.3 is 4.90 Å². The number of hydrogen-bond acceptors (Lipinski definition) is 2. The van der Waals surface area contributed by atoms with E-state index < -0.39 is 0 Å². The Balaban J connectivity index is 1.10. The average molecular weight is 803 g/mol. The fourth-order valence-corrected chi connectivity index (χ4v) is 10.2. The van der Waals surface area contributed by atoms with Crippen LogP contribution in [0.1, 0.15) is 28.8 Å². The Morgan fingerprint density at radius 2 is 0.778 bits per heavy atom. The predicted molar refractivity (Wildman–Crippen MR) is 267 cm³/mol. The molecular formula is C61H42N2. The molecule has 11 aromatic rings. The Morgan fingerprint density at radius 1 is 0.317 bits per heavy atom. The van der Waals surface area contributed by atoms with Gasteiger partial charge in [-0.25, -0.2) is 0 Å². The van der Waals surface area contributed by atoms with E-state index in [1.165, 1.54) is 76.5 Å². The van der Waals surface area contributed by atoms with Crippen molar-refractivity contribution in [2.75, 3.05) is 4.90 Å². The fourth-order valence-electron chi connectivity index (χ4n) is 10.2. The van der Waals surface area contributed by atoms with Crippen LogP contribution >= 0.6 is 0 Å². The molecule has 1 aliphatic rings. The lowest BCUT2D eigenvalue weighted by molar-refractivity contribution is 0.612. The smallest absolute Gasteiger partial charge is 0.136 e. The number of amidine groups is 1. The van der Waals surface area contributed by atoms with Gasteiger partial charge in [0.05, 0.1) is 6.04 Å². The molecule has 2 nitrogen and oxygen atoms in total. The molecule has 0 spiro atoms. The molecule has 0 fully saturated rings. The number of hydrogen-bond donors (Lipinski definition) is 0. The van der Waals surface area contributed by atoms with Crippen LogP contribution in [0.3, 0.4) is 0 Å². The van der Waals surface area contributed by atoms with Crippen LogP contribution in [0, 0.1) is 0 Å². The van der Waals surface area contributed by atoms with Crippen molar-refractivity contribution >= 4 is 54.6 Å². The summed E-state index contributed by atoms with van der Waals surface area (Å²) in [6.45, 7) is 0. The van der Waals surface area contributed by atoms with E-state index in [0.717, 1.165) is 28.2 Å². The molecule has 0 saturated carbocycles. The largest absolute Gasteiger partial charge is 0.316 e. The van der Waals surface area contributed by atoms with Crippen LogP contribution in [0.4, 0.5) is 5.69 Å². The van der Waals surface area contributed by atoms with Gasteiger partial charge in [0.1, 0.15) is 11.9 Å². The first kappa shape index (κ1) is 36.8. The zero-order chi connectivity index (χ0) is 41.7. The number of fused-ring (bicyclic) bond motifs is 4. The monoisotopic (exact) mass is 802 g/mol. The van der Waals surface area contributed by atoms with E-state index in [4.69, 9.17) is 4.99 Å². The molecule has 63 heavy (non-hydrogen) atoms. The fraction of sp³-hybridized carbons (Fsp3) is 0.0328. The minimum Gasteiger partial charge on any atom is -0.316 e. The molecule has 296 valence electrons. The zero-order valence-electron chi connectivity index (χ0n) is 34.6. The second-order valence-corrected chi connectivity index (χ2v) is 16.6. The van der Waals surface area contributed by atoms with E-state index >= 15 is 0 Å². The number of benzene rings is 11. The quantitative estimate of drug-likeness (QED) is 0.147. The van der Waals surface area contributed by atoms with Gasteiger partial charge in [-0.05, 0) is 112 Å². The first-order valence-electron chi connectivity index (χ1n) is 21.9. The molecule has 11 aromatic carbocycles. The van der Waals surface area contributed by atoms with Crippen molar-refractivity contribution in [2.45, 2.75) is 12.1 Å².